The summed E-state index contributed by atoms with van der Waals surface area (Å²) in [4.78, 5) is 14.4. The van der Waals surface area contributed by atoms with E-state index in [0.717, 1.165) is 17.7 Å². The highest BCUT2D eigenvalue weighted by molar-refractivity contribution is 5.78. The van der Waals surface area contributed by atoms with Crippen LogP contribution in [0.25, 0.3) is 0 Å². The van der Waals surface area contributed by atoms with Gasteiger partial charge in [-0.3, -0.25) is 9.48 Å². The molecular formula is C21H29N3O2. The molecule has 0 radical (unpaired) electrons. The fourth-order valence-corrected chi connectivity index (χ4v) is 3.32. The van der Waals surface area contributed by atoms with E-state index in [9.17, 15) is 4.79 Å². The lowest BCUT2D eigenvalue weighted by molar-refractivity contribution is -0.134. The molecular weight excluding hydrogens is 326 g/mol. The van der Waals surface area contributed by atoms with Crippen LogP contribution in [0.15, 0.2) is 30.5 Å². The molecule has 2 heterocycles. The first-order valence-corrected chi connectivity index (χ1v) is 9.32. The molecule has 0 N–H and O–H groups in total. The smallest absolute Gasteiger partial charge is 0.260 e. The maximum Gasteiger partial charge on any atom is 0.260 e. The third-order valence-corrected chi connectivity index (χ3v) is 4.81. The Balaban J connectivity index is 1.62. The first-order valence-electron chi connectivity index (χ1n) is 9.32. The zero-order chi connectivity index (χ0) is 18.9. The Bertz CT molecular complexity index is 787. The zero-order valence-electron chi connectivity index (χ0n) is 16.5. The van der Waals surface area contributed by atoms with Crippen molar-refractivity contribution in [3.8, 4) is 5.75 Å². The topological polar surface area (TPSA) is 47.4 Å². The van der Waals surface area contributed by atoms with Gasteiger partial charge in [0.15, 0.2) is 6.61 Å². The van der Waals surface area contributed by atoms with E-state index in [1.807, 2.05) is 29.3 Å². The molecule has 0 aliphatic carbocycles. The molecule has 0 saturated carbocycles. The fraction of sp³-hybridized carbons (Fsp3) is 0.524. The number of hydrogen-bond acceptors (Lipinski definition) is 3. The van der Waals surface area contributed by atoms with Crippen molar-refractivity contribution in [2.75, 3.05) is 13.2 Å². The number of carbonyl (C=O) groups is 1. The van der Waals surface area contributed by atoms with E-state index >= 15 is 0 Å². The maximum atomic E-state index is 12.6. The summed E-state index contributed by atoms with van der Waals surface area (Å²) in [5, 5.41) is 4.53. The SMILES string of the molecule is CC(C)c1cccc(OCC(=O)N2CCc3c(cnn3C(C)(C)C)C2)c1. The Morgan fingerprint density at radius 2 is 2.08 bits per heavy atom. The fourth-order valence-electron chi connectivity index (χ4n) is 3.32. The average molecular weight is 355 g/mol. The number of benzene rings is 1. The first kappa shape index (κ1) is 18.5. The highest BCUT2D eigenvalue weighted by Crippen LogP contribution is 2.25. The normalized spacial score (nSPS) is 14.5. The summed E-state index contributed by atoms with van der Waals surface area (Å²) < 4.78 is 7.83. The van der Waals surface area contributed by atoms with E-state index in [0.29, 0.717) is 19.0 Å². The van der Waals surface area contributed by atoms with Crippen molar-refractivity contribution in [3.63, 3.8) is 0 Å². The molecule has 140 valence electrons. The molecule has 2 aromatic rings. The van der Waals surface area contributed by atoms with Gasteiger partial charge < -0.3 is 9.64 Å². The number of aromatic nitrogens is 2. The van der Waals surface area contributed by atoms with Crippen molar-refractivity contribution in [2.45, 2.75) is 59.0 Å². The van der Waals surface area contributed by atoms with Crippen molar-refractivity contribution in [2.24, 2.45) is 0 Å². The van der Waals surface area contributed by atoms with Crippen LogP contribution in [0, 0.1) is 0 Å². The Morgan fingerprint density at radius 3 is 2.77 bits per heavy atom. The van der Waals surface area contributed by atoms with Gasteiger partial charge in [0.05, 0.1) is 11.7 Å². The molecule has 3 rings (SSSR count). The summed E-state index contributed by atoms with van der Waals surface area (Å²) >= 11 is 0. The van der Waals surface area contributed by atoms with Crippen LogP contribution in [-0.4, -0.2) is 33.7 Å². The van der Waals surface area contributed by atoms with Crippen molar-refractivity contribution in [1.82, 2.24) is 14.7 Å². The van der Waals surface area contributed by atoms with Crippen molar-refractivity contribution < 1.29 is 9.53 Å². The van der Waals surface area contributed by atoms with E-state index in [4.69, 9.17) is 4.74 Å². The predicted molar refractivity (Wildman–Crippen MR) is 102 cm³/mol. The summed E-state index contributed by atoms with van der Waals surface area (Å²) in [5.41, 5.74) is 3.56. The highest BCUT2D eigenvalue weighted by Gasteiger charge is 2.27. The lowest BCUT2D eigenvalue weighted by Crippen LogP contribution is -2.40. The molecule has 0 saturated heterocycles. The molecule has 5 heteroatoms. The Labute approximate surface area is 156 Å². The summed E-state index contributed by atoms with van der Waals surface area (Å²) in [6, 6.07) is 7.97. The molecule has 0 fully saturated rings. The third kappa shape index (κ3) is 3.92. The molecule has 1 aromatic carbocycles. The van der Waals surface area contributed by atoms with Gasteiger partial charge in [-0.05, 0) is 44.4 Å². The molecule has 0 spiro atoms. The molecule has 5 nitrogen and oxygen atoms in total. The van der Waals surface area contributed by atoms with Crippen LogP contribution >= 0.6 is 0 Å². The predicted octanol–water partition coefficient (Wildman–Crippen LogP) is 3.73. The van der Waals surface area contributed by atoms with Crippen LogP contribution in [0.4, 0.5) is 0 Å². The molecule has 0 atom stereocenters. The van der Waals surface area contributed by atoms with Gasteiger partial charge in [0, 0.05) is 30.8 Å². The highest BCUT2D eigenvalue weighted by atomic mass is 16.5. The number of rotatable bonds is 4. The van der Waals surface area contributed by atoms with E-state index in [-0.39, 0.29) is 18.1 Å². The number of fused-ring (bicyclic) bond motifs is 1. The van der Waals surface area contributed by atoms with Gasteiger partial charge in [-0.25, -0.2) is 0 Å². The van der Waals surface area contributed by atoms with Crippen LogP contribution in [0.2, 0.25) is 0 Å². The number of amides is 1. The quantitative estimate of drug-likeness (QED) is 0.840. The monoisotopic (exact) mass is 355 g/mol. The van der Waals surface area contributed by atoms with E-state index < -0.39 is 0 Å². The van der Waals surface area contributed by atoms with Crippen LogP contribution in [0.3, 0.4) is 0 Å². The van der Waals surface area contributed by atoms with Crippen molar-refractivity contribution in [3.05, 3.63) is 47.3 Å². The Hall–Kier alpha value is -2.30. The molecule has 26 heavy (non-hydrogen) atoms. The summed E-state index contributed by atoms with van der Waals surface area (Å²) in [7, 11) is 0. The minimum atomic E-state index is -0.0374. The maximum absolute atomic E-state index is 12.6. The van der Waals surface area contributed by atoms with E-state index in [1.165, 1.54) is 11.3 Å². The van der Waals surface area contributed by atoms with E-state index in [1.54, 1.807) is 0 Å². The number of hydrogen-bond donors (Lipinski definition) is 0. The van der Waals surface area contributed by atoms with Crippen LogP contribution < -0.4 is 4.74 Å². The Kier molecular flexibility index (Phi) is 5.08. The molecule has 1 aliphatic rings. The minimum absolute atomic E-state index is 0.0223. The van der Waals surface area contributed by atoms with Gasteiger partial charge in [-0.15, -0.1) is 0 Å². The summed E-state index contributed by atoms with van der Waals surface area (Å²) in [5.74, 6) is 1.21. The summed E-state index contributed by atoms with van der Waals surface area (Å²) in [6.45, 7) is 12.1. The Morgan fingerprint density at radius 1 is 1.31 bits per heavy atom. The molecule has 0 unspecified atom stereocenters. The number of ether oxygens (including phenoxy) is 1. The first-order chi connectivity index (χ1) is 12.3. The van der Waals surface area contributed by atoms with Gasteiger partial charge in [0.1, 0.15) is 5.75 Å². The van der Waals surface area contributed by atoms with Gasteiger partial charge in [0.2, 0.25) is 0 Å². The van der Waals surface area contributed by atoms with Crippen LogP contribution in [0.5, 0.6) is 5.75 Å². The van der Waals surface area contributed by atoms with Crippen LogP contribution in [-0.2, 0) is 23.3 Å². The molecule has 0 bridgehead atoms. The van der Waals surface area contributed by atoms with Gasteiger partial charge in [-0.1, -0.05) is 26.0 Å². The van der Waals surface area contributed by atoms with Gasteiger partial charge >= 0.3 is 0 Å². The molecule has 1 aliphatic heterocycles. The van der Waals surface area contributed by atoms with E-state index in [2.05, 4.69) is 50.5 Å². The molecule has 1 aromatic heterocycles. The zero-order valence-corrected chi connectivity index (χ0v) is 16.5. The second-order valence-electron chi connectivity index (χ2n) is 8.28. The number of carbonyl (C=O) groups excluding carboxylic acids is 1. The van der Waals surface area contributed by atoms with Crippen LogP contribution in [0.1, 0.15) is 57.4 Å². The van der Waals surface area contributed by atoms with Crippen molar-refractivity contribution in [1.29, 1.82) is 0 Å². The van der Waals surface area contributed by atoms with Gasteiger partial charge in [0.25, 0.3) is 5.91 Å². The van der Waals surface area contributed by atoms with Gasteiger partial charge in [-0.2, -0.15) is 5.10 Å². The minimum Gasteiger partial charge on any atom is -0.484 e. The third-order valence-electron chi connectivity index (χ3n) is 4.81. The lowest BCUT2D eigenvalue weighted by Gasteiger charge is -2.30. The second-order valence-corrected chi connectivity index (χ2v) is 8.28. The lowest BCUT2D eigenvalue weighted by atomic mass is 10.0. The largest absolute Gasteiger partial charge is 0.484 e. The summed E-state index contributed by atoms with van der Waals surface area (Å²) in [6.07, 6.45) is 2.73. The molecule has 1 amide bonds. The number of nitrogens with zero attached hydrogens (tertiary/aromatic N) is 3. The van der Waals surface area contributed by atoms with Crippen molar-refractivity contribution >= 4 is 5.91 Å². The second kappa shape index (κ2) is 7.14. The standard InChI is InChI=1S/C21H29N3O2/c1-15(2)16-7-6-8-18(11-16)26-14-20(25)23-10-9-19-17(13-23)12-22-24(19)21(3,4)5/h6-8,11-12,15H,9-10,13-14H2,1-5H3. The average Bonchev–Trinajstić information content (AvgIpc) is 3.03.